The molecule has 2 N–H and O–H groups in total. The summed E-state index contributed by atoms with van der Waals surface area (Å²) >= 11 is 0. The van der Waals surface area contributed by atoms with Crippen LogP contribution in [0.2, 0.25) is 0 Å². The van der Waals surface area contributed by atoms with Crippen LogP contribution in [0.4, 0.5) is 5.69 Å². The van der Waals surface area contributed by atoms with Crippen molar-refractivity contribution in [1.82, 2.24) is 9.88 Å². The first-order valence-corrected chi connectivity index (χ1v) is 13.1. The summed E-state index contributed by atoms with van der Waals surface area (Å²) in [4.78, 5) is 10.7. The topological polar surface area (TPSA) is 60.9 Å². The summed E-state index contributed by atoms with van der Waals surface area (Å²) in [6.07, 6.45) is 6.08. The maximum Gasteiger partial charge on any atom is 0.199 e. The standard InChI is InChI=1S/C31H33N3O2/c1-31(16-17-31)36-25-14-15-27-26(20-25)28(30(35)33-27)29(23-8-4-2-5-9-23)32-24-12-10-22(11-13-24)21-34-18-6-3-7-19-34/h2,4-5,8-15,20,33,35H,3,6-7,16-19,21H2,1H3. The van der Waals surface area contributed by atoms with Gasteiger partial charge in [-0.15, -0.1) is 0 Å². The average Bonchev–Trinajstić information content (AvgIpc) is 3.54. The van der Waals surface area contributed by atoms with Crippen molar-refractivity contribution in [2.45, 2.75) is 51.2 Å². The van der Waals surface area contributed by atoms with Gasteiger partial charge in [0.05, 0.1) is 17.0 Å². The zero-order chi connectivity index (χ0) is 24.5. The van der Waals surface area contributed by atoms with Crippen molar-refractivity contribution in [2.75, 3.05) is 13.1 Å². The summed E-state index contributed by atoms with van der Waals surface area (Å²) in [6, 6.07) is 24.5. The van der Waals surface area contributed by atoms with Crippen molar-refractivity contribution >= 4 is 22.3 Å². The van der Waals surface area contributed by atoms with Crippen molar-refractivity contribution in [1.29, 1.82) is 0 Å². The predicted octanol–water partition coefficient (Wildman–Crippen LogP) is 6.96. The summed E-state index contributed by atoms with van der Waals surface area (Å²) in [7, 11) is 0. The van der Waals surface area contributed by atoms with Crippen molar-refractivity contribution in [3.63, 3.8) is 0 Å². The van der Waals surface area contributed by atoms with Crippen LogP contribution in [0.15, 0.2) is 77.8 Å². The molecule has 0 atom stereocenters. The molecule has 1 aromatic heterocycles. The molecular weight excluding hydrogens is 446 g/mol. The number of aromatic nitrogens is 1. The number of ether oxygens (including phenoxy) is 1. The maximum absolute atomic E-state index is 11.0. The fourth-order valence-corrected chi connectivity index (χ4v) is 5.06. The third-order valence-corrected chi connectivity index (χ3v) is 7.38. The van der Waals surface area contributed by atoms with Crippen LogP contribution in [-0.2, 0) is 6.54 Å². The van der Waals surface area contributed by atoms with Crippen LogP contribution in [0.3, 0.4) is 0 Å². The Balaban J connectivity index is 1.38. The van der Waals surface area contributed by atoms with E-state index < -0.39 is 0 Å². The van der Waals surface area contributed by atoms with Crippen molar-refractivity contribution < 1.29 is 9.84 Å². The van der Waals surface area contributed by atoms with E-state index in [1.807, 2.05) is 48.5 Å². The number of H-pyrrole nitrogens is 1. The molecule has 1 aliphatic heterocycles. The number of aromatic amines is 1. The van der Waals surface area contributed by atoms with Gasteiger partial charge >= 0.3 is 0 Å². The molecule has 0 unspecified atom stereocenters. The van der Waals surface area contributed by atoms with Gasteiger partial charge in [-0.3, -0.25) is 4.90 Å². The molecule has 5 nitrogen and oxygen atoms in total. The van der Waals surface area contributed by atoms with E-state index in [4.69, 9.17) is 9.73 Å². The number of fused-ring (bicyclic) bond motifs is 1. The lowest BCUT2D eigenvalue weighted by Crippen LogP contribution is -2.28. The molecule has 0 amide bonds. The van der Waals surface area contributed by atoms with Gasteiger partial charge in [-0.05, 0) is 81.6 Å². The number of rotatable bonds is 7. The molecule has 4 aromatic rings. The molecule has 0 radical (unpaired) electrons. The molecule has 2 fully saturated rings. The molecule has 184 valence electrons. The van der Waals surface area contributed by atoms with Crippen LogP contribution in [0.1, 0.15) is 55.7 Å². The van der Waals surface area contributed by atoms with Gasteiger partial charge in [0.25, 0.3) is 0 Å². The first-order valence-electron chi connectivity index (χ1n) is 13.1. The Bertz CT molecular complexity index is 1380. The van der Waals surface area contributed by atoms with Gasteiger partial charge < -0.3 is 14.8 Å². The minimum Gasteiger partial charge on any atom is -0.494 e. The van der Waals surface area contributed by atoms with Crippen molar-refractivity contribution in [2.24, 2.45) is 4.99 Å². The molecule has 2 aliphatic rings. The first-order chi connectivity index (χ1) is 17.6. The second-order valence-electron chi connectivity index (χ2n) is 10.4. The van der Waals surface area contributed by atoms with Gasteiger partial charge in [-0.25, -0.2) is 4.99 Å². The summed E-state index contributed by atoms with van der Waals surface area (Å²) in [5.74, 6) is 0.932. The average molecular weight is 480 g/mol. The number of hydrogen-bond donors (Lipinski definition) is 2. The highest BCUT2D eigenvalue weighted by molar-refractivity contribution is 6.22. The van der Waals surface area contributed by atoms with Crippen LogP contribution in [0, 0.1) is 0 Å². The molecule has 3 aromatic carbocycles. The zero-order valence-corrected chi connectivity index (χ0v) is 20.8. The third-order valence-electron chi connectivity index (χ3n) is 7.38. The normalized spacial score (nSPS) is 17.9. The monoisotopic (exact) mass is 479 g/mol. The van der Waals surface area contributed by atoms with E-state index in [0.29, 0.717) is 5.56 Å². The molecule has 1 saturated carbocycles. The van der Waals surface area contributed by atoms with Crippen LogP contribution < -0.4 is 4.74 Å². The summed E-state index contributed by atoms with van der Waals surface area (Å²) in [6.45, 7) is 5.49. The van der Waals surface area contributed by atoms with E-state index in [2.05, 4.69) is 41.1 Å². The largest absolute Gasteiger partial charge is 0.494 e. The highest BCUT2D eigenvalue weighted by Crippen LogP contribution is 2.41. The van der Waals surface area contributed by atoms with Crippen molar-refractivity contribution in [3.05, 3.63) is 89.5 Å². The van der Waals surface area contributed by atoms with E-state index >= 15 is 0 Å². The Morgan fingerprint density at radius 1 is 0.972 bits per heavy atom. The Kier molecular flexibility index (Phi) is 6.02. The molecule has 0 bridgehead atoms. The quantitative estimate of drug-likeness (QED) is 0.282. The lowest BCUT2D eigenvalue weighted by molar-refractivity contribution is 0.200. The molecule has 5 heteroatoms. The number of nitrogens with zero attached hydrogens (tertiary/aromatic N) is 2. The minimum absolute atomic E-state index is 0.0709. The highest BCUT2D eigenvalue weighted by Gasteiger charge is 2.40. The lowest BCUT2D eigenvalue weighted by atomic mass is 10.0. The first kappa shape index (κ1) is 22.9. The highest BCUT2D eigenvalue weighted by atomic mass is 16.5. The smallest absolute Gasteiger partial charge is 0.199 e. The van der Waals surface area contributed by atoms with E-state index in [9.17, 15) is 5.11 Å². The number of benzene rings is 3. The Morgan fingerprint density at radius 2 is 1.72 bits per heavy atom. The van der Waals surface area contributed by atoms with Gasteiger partial charge in [0.1, 0.15) is 11.4 Å². The third kappa shape index (κ3) is 4.89. The minimum atomic E-state index is -0.0709. The molecule has 6 rings (SSSR count). The number of nitrogens with one attached hydrogen (secondary N) is 1. The van der Waals surface area contributed by atoms with Crippen LogP contribution in [0.5, 0.6) is 11.6 Å². The van der Waals surface area contributed by atoms with Gasteiger partial charge in [0, 0.05) is 23.0 Å². The second-order valence-corrected chi connectivity index (χ2v) is 10.4. The second kappa shape index (κ2) is 9.47. The zero-order valence-electron chi connectivity index (χ0n) is 20.8. The number of likely N-dealkylation sites (tertiary alicyclic amines) is 1. The van der Waals surface area contributed by atoms with Crippen LogP contribution in [-0.4, -0.2) is 39.4 Å². The molecular formula is C31H33N3O2. The lowest BCUT2D eigenvalue weighted by Gasteiger charge is -2.26. The SMILES string of the molecule is CC1(Oc2ccc3[nH]c(O)c(C(=Nc4ccc(CN5CCCCC5)cc4)c4ccccc4)c3c2)CC1. The number of hydrogen-bond acceptors (Lipinski definition) is 4. The van der Waals surface area contributed by atoms with E-state index in [0.717, 1.165) is 53.0 Å². The maximum atomic E-state index is 11.0. The van der Waals surface area contributed by atoms with E-state index in [1.54, 1.807) is 0 Å². The molecule has 2 heterocycles. The van der Waals surface area contributed by atoms with Crippen LogP contribution in [0.25, 0.3) is 10.9 Å². The Morgan fingerprint density at radius 3 is 2.44 bits per heavy atom. The Labute approximate surface area is 212 Å². The van der Waals surface area contributed by atoms with Gasteiger partial charge in [-0.2, -0.15) is 0 Å². The fourth-order valence-electron chi connectivity index (χ4n) is 5.06. The predicted molar refractivity (Wildman–Crippen MR) is 146 cm³/mol. The number of aromatic hydroxyl groups is 1. The number of aliphatic imine (C=N–C) groups is 1. The fraction of sp³-hybridized carbons (Fsp3) is 0.323. The number of piperidine rings is 1. The van der Waals surface area contributed by atoms with Crippen LogP contribution >= 0.6 is 0 Å². The molecule has 1 aliphatic carbocycles. The van der Waals surface area contributed by atoms with Gasteiger partial charge in [-0.1, -0.05) is 48.9 Å². The molecule has 1 saturated heterocycles. The summed E-state index contributed by atoms with van der Waals surface area (Å²) in [5, 5.41) is 11.9. The Hall–Kier alpha value is -3.57. The van der Waals surface area contributed by atoms with Gasteiger partial charge in [0.15, 0.2) is 5.88 Å². The molecule has 36 heavy (non-hydrogen) atoms. The van der Waals surface area contributed by atoms with E-state index in [-0.39, 0.29) is 11.5 Å². The summed E-state index contributed by atoms with van der Waals surface area (Å²) < 4.78 is 6.23. The van der Waals surface area contributed by atoms with Crippen molar-refractivity contribution in [3.8, 4) is 11.6 Å². The van der Waals surface area contributed by atoms with E-state index in [1.165, 1.54) is 37.9 Å². The summed E-state index contributed by atoms with van der Waals surface area (Å²) in [5.41, 5.74) is 5.34. The van der Waals surface area contributed by atoms with Gasteiger partial charge in [0.2, 0.25) is 0 Å². The molecule has 0 spiro atoms.